The number of nitrogens with zero attached hydrogens (tertiary/aromatic N) is 1. The third-order valence-corrected chi connectivity index (χ3v) is 5.40. The van der Waals surface area contributed by atoms with Crippen LogP contribution in [-0.2, 0) is 14.8 Å². The molecule has 0 radical (unpaired) electrons. The van der Waals surface area contributed by atoms with Crippen molar-refractivity contribution in [3.8, 4) is 0 Å². The molecule has 8 heteroatoms. The van der Waals surface area contributed by atoms with Crippen molar-refractivity contribution in [3.63, 3.8) is 0 Å². The van der Waals surface area contributed by atoms with Crippen molar-refractivity contribution in [1.82, 2.24) is 4.31 Å². The van der Waals surface area contributed by atoms with Gasteiger partial charge in [-0.15, -0.1) is 0 Å². The molecule has 1 aliphatic carbocycles. The molecule has 2 fully saturated rings. The van der Waals surface area contributed by atoms with E-state index in [2.05, 4.69) is 0 Å². The first-order valence-electron chi connectivity index (χ1n) is 5.89. The van der Waals surface area contributed by atoms with Gasteiger partial charge in [0.05, 0.1) is 0 Å². The van der Waals surface area contributed by atoms with Gasteiger partial charge in [-0.05, 0) is 25.2 Å². The summed E-state index contributed by atoms with van der Waals surface area (Å²) in [7, 11) is -4.82. The van der Waals surface area contributed by atoms with Gasteiger partial charge in [-0.25, -0.2) is 8.42 Å². The lowest BCUT2D eigenvalue weighted by atomic mass is 9.85. The Morgan fingerprint density at radius 1 is 1.28 bits per heavy atom. The molecule has 0 amide bonds. The number of carbonyl (C=O) groups is 1. The zero-order chi connectivity index (χ0) is 13.5. The summed E-state index contributed by atoms with van der Waals surface area (Å²) >= 11 is 0. The van der Waals surface area contributed by atoms with Gasteiger partial charge in [-0.2, -0.15) is 13.1 Å². The van der Waals surface area contributed by atoms with Crippen molar-refractivity contribution in [2.45, 2.75) is 49.9 Å². The minimum atomic E-state index is -4.82. The molecule has 1 aliphatic heterocycles. The van der Waals surface area contributed by atoms with Crippen LogP contribution >= 0.6 is 0 Å². The largest absolute Gasteiger partial charge is 0.480 e. The van der Waals surface area contributed by atoms with Gasteiger partial charge < -0.3 is 5.11 Å². The second-order valence-corrected chi connectivity index (χ2v) is 6.65. The lowest BCUT2D eigenvalue weighted by Gasteiger charge is -2.31. The zero-order valence-electron chi connectivity index (χ0n) is 9.63. The molecule has 5 nitrogen and oxygen atoms in total. The smallest absolute Gasteiger partial charge is 0.350 e. The van der Waals surface area contributed by atoms with E-state index in [0.717, 1.165) is 12.8 Å². The predicted octanol–water partition coefficient (Wildman–Crippen LogP) is 1.26. The second-order valence-electron chi connectivity index (χ2n) is 4.84. The van der Waals surface area contributed by atoms with Crippen molar-refractivity contribution in [2.24, 2.45) is 5.92 Å². The third-order valence-electron chi connectivity index (χ3n) is 3.83. The Balaban J connectivity index is 2.36. The summed E-state index contributed by atoms with van der Waals surface area (Å²) in [5.41, 5.74) is 0. The fraction of sp³-hybridized carbons (Fsp3) is 0.900. The topological polar surface area (TPSA) is 74.7 Å². The van der Waals surface area contributed by atoms with Gasteiger partial charge in [-0.3, -0.25) is 4.79 Å². The molecular formula is C10H15F2NO4S. The van der Waals surface area contributed by atoms with E-state index in [-0.39, 0.29) is 12.3 Å². The fourth-order valence-electron chi connectivity index (χ4n) is 3.09. The van der Waals surface area contributed by atoms with Gasteiger partial charge in [0.25, 0.3) is 10.0 Å². The highest BCUT2D eigenvalue weighted by Crippen LogP contribution is 2.42. The van der Waals surface area contributed by atoms with Crippen molar-refractivity contribution >= 4 is 16.0 Å². The van der Waals surface area contributed by atoms with E-state index in [1.54, 1.807) is 0 Å². The van der Waals surface area contributed by atoms with Crippen LogP contribution in [0.3, 0.4) is 0 Å². The molecule has 0 spiro atoms. The van der Waals surface area contributed by atoms with E-state index in [0.29, 0.717) is 17.1 Å². The molecule has 1 N–H and O–H groups in total. The molecule has 3 atom stereocenters. The van der Waals surface area contributed by atoms with E-state index in [4.69, 9.17) is 5.11 Å². The Bertz CT molecular complexity index is 439. The van der Waals surface area contributed by atoms with Gasteiger partial charge >= 0.3 is 11.7 Å². The highest BCUT2D eigenvalue weighted by Gasteiger charge is 2.53. The van der Waals surface area contributed by atoms with Gasteiger partial charge in [0.1, 0.15) is 6.04 Å². The predicted molar refractivity (Wildman–Crippen MR) is 58.5 cm³/mol. The number of aliphatic carboxylic acids is 1. The van der Waals surface area contributed by atoms with Gasteiger partial charge in [0.15, 0.2) is 0 Å². The SMILES string of the molecule is O=C(O)C1CC2CCCCC2N1S(=O)(=O)C(F)F. The molecule has 0 aromatic rings. The molecule has 1 heterocycles. The third kappa shape index (κ3) is 2.11. The number of halogens is 2. The summed E-state index contributed by atoms with van der Waals surface area (Å²) in [5, 5.41) is 9.02. The summed E-state index contributed by atoms with van der Waals surface area (Å²) in [4.78, 5) is 11.1. The van der Waals surface area contributed by atoms with E-state index >= 15 is 0 Å². The van der Waals surface area contributed by atoms with Crippen LogP contribution < -0.4 is 0 Å². The zero-order valence-corrected chi connectivity index (χ0v) is 10.4. The monoisotopic (exact) mass is 283 g/mol. The minimum absolute atomic E-state index is 0.103. The molecule has 0 aromatic carbocycles. The average molecular weight is 283 g/mol. The van der Waals surface area contributed by atoms with Gasteiger partial charge in [-0.1, -0.05) is 12.8 Å². The number of carboxylic acids is 1. The van der Waals surface area contributed by atoms with Crippen molar-refractivity contribution in [3.05, 3.63) is 0 Å². The molecule has 1 saturated heterocycles. The first-order chi connectivity index (χ1) is 8.35. The van der Waals surface area contributed by atoms with Crippen LogP contribution in [0.1, 0.15) is 32.1 Å². The Labute approximate surface area is 104 Å². The Kier molecular flexibility index (Phi) is 3.59. The van der Waals surface area contributed by atoms with Crippen LogP contribution in [0.2, 0.25) is 0 Å². The van der Waals surface area contributed by atoms with Gasteiger partial charge in [0, 0.05) is 6.04 Å². The number of alkyl halides is 2. The van der Waals surface area contributed by atoms with Crippen LogP contribution in [-0.4, -0.2) is 41.6 Å². The van der Waals surface area contributed by atoms with Crippen LogP contribution in [0.15, 0.2) is 0 Å². The number of sulfonamides is 1. The number of fused-ring (bicyclic) bond motifs is 1. The minimum Gasteiger partial charge on any atom is -0.480 e. The van der Waals surface area contributed by atoms with E-state index < -0.39 is 33.8 Å². The normalized spacial score (nSPS) is 33.6. The van der Waals surface area contributed by atoms with Crippen molar-refractivity contribution < 1.29 is 27.1 Å². The molecule has 0 aromatic heterocycles. The van der Waals surface area contributed by atoms with E-state index in [1.165, 1.54) is 0 Å². The van der Waals surface area contributed by atoms with E-state index in [1.807, 2.05) is 0 Å². The molecule has 2 aliphatic rings. The number of hydrogen-bond donors (Lipinski definition) is 1. The number of carboxylic acid groups (broad SMARTS) is 1. The summed E-state index contributed by atoms with van der Waals surface area (Å²) in [6.07, 6.45) is 2.98. The summed E-state index contributed by atoms with van der Waals surface area (Å²) in [5.74, 6) is -5.00. The number of hydrogen-bond acceptors (Lipinski definition) is 3. The molecule has 1 saturated carbocycles. The van der Waals surface area contributed by atoms with Crippen LogP contribution in [0.5, 0.6) is 0 Å². The van der Waals surface area contributed by atoms with Crippen LogP contribution in [0, 0.1) is 5.92 Å². The standard InChI is InChI=1S/C10H15F2NO4S/c11-10(12)18(16,17)13-7-4-2-1-3-6(7)5-8(13)9(14)15/h6-8,10H,1-5H2,(H,14,15). The van der Waals surface area contributed by atoms with Crippen LogP contribution in [0.4, 0.5) is 8.78 Å². The summed E-state index contributed by atoms with van der Waals surface area (Å²) in [6, 6.07) is -1.91. The summed E-state index contributed by atoms with van der Waals surface area (Å²) in [6.45, 7) is 0. The highest BCUT2D eigenvalue weighted by molar-refractivity contribution is 7.89. The molecule has 18 heavy (non-hydrogen) atoms. The van der Waals surface area contributed by atoms with Crippen molar-refractivity contribution in [1.29, 1.82) is 0 Å². The van der Waals surface area contributed by atoms with Gasteiger partial charge in [0.2, 0.25) is 0 Å². The fourth-order valence-corrected chi connectivity index (χ4v) is 4.46. The van der Waals surface area contributed by atoms with Crippen molar-refractivity contribution in [2.75, 3.05) is 0 Å². The van der Waals surface area contributed by atoms with Crippen LogP contribution in [0.25, 0.3) is 0 Å². The molecule has 0 bridgehead atoms. The lowest BCUT2D eigenvalue weighted by molar-refractivity contribution is -0.141. The molecular weight excluding hydrogens is 268 g/mol. The van der Waals surface area contributed by atoms with E-state index in [9.17, 15) is 22.0 Å². The Hall–Kier alpha value is -0.760. The highest BCUT2D eigenvalue weighted by atomic mass is 32.2. The maximum absolute atomic E-state index is 12.6. The second kappa shape index (κ2) is 4.73. The molecule has 104 valence electrons. The molecule has 2 rings (SSSR count). The first kappa shape index (κ1) is 13.7. The summed E-state index contributed by atoms with van der Waals surface area (Å²) < 4.78 is 49.1. The maximum atomic E-state index is 12.6. The maximum Gasteiger partial charge on any atom is 0.350 e. The Morgan fingerprint density at radius 3 is 2.44 bits per heavy atom. The first-order valence-corrected chi connectivity index (χ1v) is 7.39. The lowest BCUT2D eigenvalue weighted by Crippen LogP contribution is -2.48. The quantitative estimate of drug-likeness (QED) is 0.846. The number of rotatable bonds is 3. The molecule has 3 unspecified atom stereocenters. The average Bonchev–Trinajstić information content (AvgIpc) is 2.68. The Morgan fingerprint density at radius 2 is 1.89 bits per heavy atom.